The Kier molecular flexibility index (Phi) is 7.49. The Bertz CT molecular complexity index is 1420. The number of nitrogens with two attached hydrogens (primary N) is 2. The van der Waals surface area contributed by atoms with Crippen molar-refractivity contribution in [3.8, 4) is 5.75 Å². The first kappa shape index (κ1) is 25.4. The van der Waals surface area contributed by atoms with Gasteiger partial charge in [0.2, 0.25) is 5.91 Å². The van der Waals surface area contributed by atoms with Crippen LogP contribution in [0.2, 0.25) is 0 Å². The van der Waals surface area contributed by atoms with Crippen LogP contribution in [0.3, 0.4) is 0 Å². The zero-order valence-corrected chi connectivity index (χ0v) is 20.7. The Morgan fingerprint density at radius 2 is 1.65 bits per heavy atom. The van der Waals surface area contributed by atoms with E-state index in [1.165, 1.54) is 17.0 Å². The van der Waals surface area contributed by atoms with Crippen molar-refractivity contribution in [1.82, 2.24) is 9.69 Å². The fraction of sp³-hybridized carbons (Fsp3) is 0.111. The number of aromatic hydroxyl groups is 1. The van der Waals surface area contributed by atoms with Gasteiger partial charge in [-0.2, -0.15) is 4.37 Å². The molecule has 1 heterocycles. The molecule has 3 amide bonds. The lowest BCUT2D eigenvalue weighted by Gasteiger charge is -2.31. The summed E-state index contributed by atoms with van der Waals surface area (Å²) >= 11 is 0.737. The molecule has 6 N–H and O–H groups in total. The number of rotatable bonds is 8. The molecule has 9 nitrogen and oxygen atoms in total. The molecule has 10 heteroatoms. The number of nitrogens with zero attached hydrogens (tertiary/aromatic N) is 2. The minimum Gasteiger partial charge on any atom is -0.508 e. The van der Waals surface area contributed by atoms with Crippen LogP contribution in [0.25, 0.3) is 0 Å². The number of nitrogens with one attached hydrogen (secondary N) is 1. The molecule has 4 aromatic rings. The van der Waals surface area contributed by atoms with Crippen LogP contribution >= 0.6 is 11.5 Å². The van der Waals surface area contributed by atoms with E-state index in [-0.39, 0.29) is 28.6 Å². The van der Waals surface area contributed by atoms with Gasteiger partial charge in [-0.15, -0.1) is 0 Å². The number of amides is 3. The third-order valence-electron chi connectivity index (χ3n) is 5.71. The van der Waals surface area contributed by atoms with Gasteiger partial charge in [0.15, 0.2) is 5.69 Å². The molecule has 3 aromatic carbocycles. The molecule has 0 radical (unpaired) electrons. The molecule has 1 aromatic heterocycles. The van der Waals surface area contributed by atoms with Gasteiger partial charge in [0.25, 0.3) is 11.8 Å². The third-order valence-corrected chi connectivity index (χ3v) is 6.56. The lowest BCUT2D eigenvalue weighted by molar-refractivity contribution is -0.122. The lowest BCUT2D eigenvalue weighted by Crippen LogP contribution is -2.44. The molecule has 0 saturated heterocycles. The fourth-order valence-electron chi connectivity index (χ4n) is 3.78. The van der Waals surface area contributed by atoms with Crippen LogP contribution in [0.5, 0.6) is 5.75 Å². The maximum atomic E-state index is 14.0. The number of benzene rings is 3. The van der Waals surface area contributed by atoms with Gasteiger partial charge in [0.05, 0.1) is 5.69 Å². The molecular formula is C27H25N5O4S. The van der Waals surface area contributed by atoms with Crippen molar-refractivity contribution >= 4 is 40.6 Å². The average molecular weight is 516 g/mol. The standard InChI is InChI=1S/C27H25N5O4S/c1-16-7-11-19(12-8-16)32(27(36)24-21(28)22(25(29)34)31-37-24)23(18-9-13-20(33)14-10-18)26(35)30-15-17-5-3-2-4-6-17/h2-14,23,33H,15,28H2,1H3,(H2,29,34)(H,30,35)/t23-/m0/s1. The number of phenols is 1. The highest BCUT2D eigenvalue weighted by Crippen LogP contribution is 2.33. The van der Waals surface area contributed by atoms with Crippen molar-refractivity contribution in [3.05, 3.63) is 106 Å². The Morgan fingerprint density at radius 1 is 1.00 bits per heavy atom. The molecule has 0 aliphatic carbocycles. The number of hydrogen-bond acceptors (Lipinski definition) is 7. The molecule has 188 valence electrons. The highest BCUT2D eigenvalue weighted by molar-refractivity contribution is 7.09. The molecule has 0 fully saturated rings. The SMILES string of the molecule is Cc1ccc(N(C(=O)c2snc(C(N)=O)c2N)[C@H](C(=O)NCc2ccccc2)c2ccc(O)cc2)cc1. The largest absolute Gasteiger partial charge is 0.508 e. The summed E-state index contributed by atoms with van der Waals surface area (Å²) in [6.45, 7) is 2.14. The van der Waals surface area contributed by atoms with Gasteiger partial charge in [-0.3, -0.25) is 19.3 Å². The molecular weight excluding hydrogens is 490 g/mol. The van der Waals surface area contributed by atoms with Gasteiger partial charge >= 0.3 is 0 Å². The minimum absolute atomic E-state index is 0.0122. The summed E-state index contributed by atoms with van der Waals surface area (Å²) in [4.78, 5) is 40.7. The van der Waals surface area contributed by atoms with Crippen LogP contribution < -0.4 is 21.7 Å². The van der Waals surface area contributed by atoms with E-state index in [2.05, 4.69) is 9.69 Å². The minimum atomic E-state index is -1.14. The number of phenolic OH excluding ortho intramolecular Hbond substituents is 1. The Hall–Kier alpha value is -4.70. The topological polar surface area (TPSA) is 152 Å². The molecule has 0 aliphatic rings. The monoisotopic (exact) mass is 515 g/mol. The molecule has 0 saturated carbocycles. The molecule has 4 rings (SSSR count). The maximum Gasteiger partial charge on any atom is 0.273 e. The lowest BCUT2D eigenvalue weighted by atomic mass is 10.0. The molecule has 0 spiro atoms. The number of carbonyl (C=O) groups excluding carboxylic acids is 3. The van der Waals surface area contributed by atoms with E-state index in [0.717, 1.165) is 22.7 Å². The van der Waals surface area contributed by atoms with Crippen LogP contribution in [0.15, 0.2) is 78.9 Å². The van der Waals surface area contributed by atoms with Crippen molar-refractivity contribution in [2.75, 3.05) is 10.6 Å². The summed E-state index contributed by atoms with van der Waals surface area (Å²) in [6.07, 6.45) is 0. The first-order chi connectivity index (χ1) is 17.8. The molecule has 0 unspecified atom stereocenters. The quantitative estimate of drug-likeness (QED) is 0.282. The third kappa shape index (κ3) is 5.60. The van der Waals surface area contributed by atoms with Crippen molar-refractivity contribution in [2.45, 2.75) is 19.5 Å². The van der Waals surface area contributed by atoms with E-state index in [4.69, 9.17) is 11.5 Å². The fourth-order valence-corrected chi connectivity index (χ4v) is 4.53. The second-order valence-electron chi connectivity index (χ2n) is 8.35. The second kappa shape index (κ2) is 10.9. The van der Waals surface area contributed by atoms with Gasteiger partial charge < -0.3 is 21.9 Å². The smallest absolute Gasteiger partial charge is 0.273 e. The van der Waals surface area contributed by atoms with Crippen LogP contribution in [0.1, 0.15) is 42.9 Å². The summed E-state index contributed by atoms with van der Waals surface area (Å²) in [5.41, 5.74) is 13.8. The van der Waals surface area contributed by atoms with E-state index in [9.17, 15) is 19.5 Å². The summed E-state index contributed by atoms with van der Waals surface area (Å²) in [5, 5.41) is 12.8. The number of anilines is 2. The Balaban J connectivity index is 1.82. The van der Waals surface area contributed by atoms with Gasteiger partial charge in [0, 0.05) is 12.2 Å². The van der Waals surface area contributed by atoms with Gasteiger partial charge in [-0.1, -0.05) is 60.2 Å². The molecule has 0 bridgehead atoms. The number of carbonyl (C=O) groups is 3. The van der Waals surface area contributed by atoms with Crippen molar-refractivity contribution in [2.24, 2.45) is 5.73 Å². The summed E-state index contributed by atoms with van der Waals surface area (Å²) in [7, 11) is 0. The van der Waals surface area contributed by atoms with Gasteiger partial charge in [-0.25, -0.2) is 0 Å². The average Bonchev–Trinajstić information content (AvgIpc) is 3.29. The van der Waals surface area contributed by atoms with Crippen molar-refractivity contribution in [3.63, 3.8) is 0 Å². The van der Waals surface area contributed by atoms with E-state index in [0.29, 0.717) is 11.3 Å². The van der Waals surface area contributed by atoms with Gasteiger partial charge in [-0.05, 0) is 53.8 Å². The number of hydrogen-bond donors (Lipinski definition) is 4. The van der Waals surface area contributed by atoms with Crippen molar-refractivity contribution in [1.29, 1.82) is 0 Å². The predicted molar refractivity (Wildman–Crippen MR) is 142 cm³/mol. The highest BCUT2D eigenvalue weighted by Gasteiger charge is 2.36. The summed E-state index contributed by atoms with van der Waals surface area (Å²) in [5.74, 6) is -1.93. The number of nitrogen functional groups attached to an aromatic ring is 1. The first-order valence-corrected chi connectivity index (χ1v) is 12.1. The van der Waals surface area contributed by atoms with Crippen LogP contribution in [0.4, 0.5) is 11.4 Å². The number of aryl methyl sites for hydroxylation is 1. The Labute approximate surface area is 217 Å². The normalized spacial score (nSPS) is 11.5. The zero-order valence-electron chi connectivity index (χ0n) is 19.9. The second-order valence-corrected chi connectivity index (χ2v) is 9.12. The van der Waals surface area contributed by atoms with Crippen LogP contribution in [-0.2, 0) is 11.3 Å². The zero-order chi connectivity index (χ0) is 26.5. The Morgan fingerprint density at radius 3 is 2.24 bits per heavy atom. The number of aromatic nitrogens is 1. The highest BCUT2D eigenvalue weighted by atomic mass is 32.1. The summed E-state index contributed by atoms with van der Waals surface area (Å²) in [6, 6.07) is 21.3. The van der Waals surface area contributed by atoms with Crippen LogP contribution in [-0.4, -0.2) is 27.2 Å². The molecule has 0 aliphatic heterocycles. The van der Waals surface area contributed by atoms with Crippen molar-refractivity contribution < 1.29 is 19.5 Å². The van der Waals surface area contributed by atoms with E-state index >= 15 is 0 Å². The van der Waals surface area contributed by atoms with E-state index < -0.39 is 23.8 Å². The van der Waals surface area contributed by atoms with E-state index in [1.54, 1.807) is 24.3 Å². The number of primary amides is 1. The summed E-state index contributed by atoms with van der Waals surface area (Å²) < 4.78 is 3.95. The first-order valence-electron chi connectivity index (χ1n) is 11.3. The van der Waals surface area contributed by atoms with Gasteiger partial charge in [0.1, 0.15) is 16.7 Å². The van der Waals surface area contributed by atoms with Crippen LogP contribution in [0, 0.1) is 6.92 Å². The molecule has 1 atom stereocenters. The maximum absolute atomic E-state index is 14.0. The van der Waals surface area contributed by atoms with E-state index in [1.807, 2.05) is 49.4 Å². The predicted octanol–water partition coefficient (Wildman–Crippen LogP) is 3.54. The molecule has 37 heavy (non-hydrogen) atoms.